The minimum Gasteiger partial charge on any atom is -0.497 e. The van der Waals surface area contributed by atoms with Crippen LogP contribution in [0.15, 0.2) is 43.1 Å². The maximum atomic E-state index is 12.4. The van der Waals surface area contributed by atoms with Crippen molar-refractivity contribution in [2.24, 2.45) is 11.8 Å². The molecule has 4 saturated heterocycles. The van der Waals surface area contributed by atoms with Gasteiger partial charge in [0, 0.05) is 51.9 Å². The molecule has 4 aliphatic rings. The third kappa shape index (κ3) is 8.50. The third-order valence-corrected chi connectivity index (χ3v) is 9.64. The van der Waals surface area contributed by atoms with Crippen molar-refractivity contribution in [2.45, 2.75) is 83.3 Å². The van der Waals surface area contributed by atoms with Crippen LogP contribution in [0, 0.1) is 11.8 Å². The van der Waals surface area contributed by atoms with Gasteiger partial charge in [0.25, 0.3) is 0 Å². The second-order valence-electron chi connectivity index (χ2n) is 12.7. The van der Waals surface area contributed by atoms with Crippen molar-refractivity contribution in [2.75, 3.05) is 26.8 Å². The largest absolute Gasteiger partial charge is 0.497 e. The van der Waals surface area contributed by atoms with Crippen LogP contribution in [0.2, 0.25) is 0 Å². The lowest BCUT2D eigenvalue weighted by Gasteiger charge is -2.52. The Kier molecular flexibility index (Phi) is 11.9. The SMILES string of the molecule is C=CC1CN2CCC1CC2[C@@H](NC(=S)N[C@@H]1OC(COC(C)=O)[C@@H](OC(C)=O)C(OC(C)=O)C1OC(C)=O)c1ccnc2ccc(OC)cc12. The quantitative estimate of drug-likeness (QED) is 0.151. The molecule has 0 aliphatic carbocycles. The van der Waals surface area contributed by atoms with E-state index in [9.17, 15) is 19.2 Å². The molecule has 5 heterocycles. The number of methoxy groups -OCH3 is 1. The van der Waals surface area contributed by atoms with Crippen LogP contribution in [0.4, 0.5) is 0 Å². The summed E-state index contributed by atoms with van der Waals surface area (Å²) in [7, 11) is 1.61. The standard InChI is InChI=1S/C35H44N4O10S/c1-7-22-16-39-13-11-23(22)14-28(39)30(25-10-12-36-27-9-8-24(44-6)15-26(25)27)37-35(50)38-34-33(48-21(5)43)32(47-20(4)42)31(46-19(3)41)29(49-34)17-45-18(2)40/h7-10,12,15,22-23,28-34H,1,11,13-14,16-17H2,2-6H3,(H2,37,38,50)/t22?,23?,28?,29?,30-,31+,32?,33?,34+/m0/s1. The number of piperidine rings is 3. The van der Waals surface area contributed by atoms with Gasteiger partial charge in [0.05, 0.1) is 18.7 Å². The van der Waals surface area contributed by atoms with Crippen LogP contribution < -0.4 is 15.4 Å². The molecule has 0 radical (unpaired) electrons. The first-order valence-electron chi connectivity index (χ1n) is 16.5. The lowest BCUT2D eigenvalue weighted by atomic mass is 9.73. The van der Waals surface area contributed by atoms with Crippen molar-refractivity contribution in [3.63, 3.8) is 0 Å². The third-order valence-electron chi connectivity index (χ3n) is 9.41. The summed E-state index contributed by atoms with van der Waals surface area (Å²) in [4.78, 5) is 55.6. The van der Waals surface area contributed by atoms with E-state index in [0.29, 0.717) is 17.6 Å². The number of aromatic nitrogens is 1. The first-order valence-corrected chi connectivity index (χ1v) is 17.0. The van der Waals surface area contributed by atoms with Crippen molar-refractivity contribution in [1.29, 1.82) is 0 Å². The number of rotatable bonds is 11. The Hall–Kier alpha value is -4.34. The highest BCUT2D eigenvalue weighted by Gasteiger charge is 2.53. The lowest BCUT2D eigenvalue weighted by molar-refractivity contribution is -0.255. The van der Waals surface area contributed by atoms with E-state index in [-0.39, 0.29) is 23.8 Å². The fraction of sp³-hybridized carbons (Fsp3) is 0.543. The number of thiocarbonyl (C=S) groups is 1. The number of carbonyl (C=O) groups is 4. The second kappa shape index (κ2) is 16.1. The van der Waals surface area contributed by atoms with Crippen LogP contribution in [0.1, 0.15) is 52.1 Å². The zero-order valence-electron chi connectivity index (χ0n) is 28.8. The summed E-state index contributed by atoms with van der Waals surface area (Å²) in [6.45, 7) is 10.2. The van der Waals surface area contributed by atoms with Gasteiger partial charge >= 0.3 is 23.9 Å². The van der Waals surface area contributed by atoms with Gasteiger partial charge in [-0.2, -0.15) is 0 Å². The number of nitrogens with one attached hydrogen (secondary N) is 2. The van der Waals surface area contributed by atoms with E-state index in [0.717, 1.165) is 42.4 Å². The number of fused-ring (bicyclic) bond motifs is 4. The van der Waals surface area contributed by atoms with Crippen LogP contribution >= 0.6 is 12.2 Å². The molecule has 0 spiro atoms. The van der Waals surface area contributed by atoms with Crippen molar-refractivity contribution in [3.8, 4) is 5.75 Å². The fourth-order valence-electron chi connectivity index (χ4n) is 7.31. The molecule has 50 heavy (non-hydrogen) atoms. The Bertz CT molecular complexity index is 1620. The summed E-state index contributed by atoms with van der Waals surface area (Å²) in [5, 5.41) is 7.67. The molecule has 270 valence electrons. The van der Waals surface area contributed by atoms with Crippen molar-refractivity contribution in [1.82, 2.24) is 20.5 Å². The Morgan fingerprint density at radius 3 is 2.36 bits per heavy atom. The highest BCUT2D eigenvalue weighted by Crippen LogP contribution is 2.42. The number of pyridine rings is 1. The van der Waals surface area contributed by atoms with Crippen LogP contribution in [0.3, 0.4) is 0 Å². The predicted octanol–water partition coefficient (Wildman–Crippen LogP) is 2.73. The number of ether oxygens (including phenoxy) is 6. The summed E-state index contributed by atoms with van der Waals surface area (Å²) in [5.74, 6) is -1.24. The van der Waals surface area contributed by atoms with Crippen molar-refractivity contribution in [3.05, 3.63) is 48.7 Å². The number of esters is 4. The fourth-order valence-corrected chi connectivity index (χ4v) is 7.55. The number of hydrogen-bond acceptors (Lipinski definition) is 13. The normalized spacial score (nSPS) is 29.2. The number of nitrogens with zero attached hydrogens (tertiary/aromatic N) is 2. The molecule has 6 rings (SSSR count). The van der Waals surface area contributed by atoms with E-state index in [4.69, 9.17) is 40.6 Å². The summed E-state index contributed by atoms with van der Waals surface area (Å²) in [6, 6.07) is 7.38. The minimum atomic E-state index is -1.33. The van der Waals surface area contributed by atoms with Gasteiger partial charge in [-0.25, -0.2) is 0 Å². The van der Waals surface area contributed by atoms with Gasteiger partial charge < -0.3 is 39.1 Å². The molecule has 4 aliphatic heterocycles. The maximum absolute atomic E-state index is 12.4. The molecule has 2 aromatic rings. The van der Waals surface area contributed by atoms with E-state index in [2.05, 4.69) is 27.1 Å². The summed E-state index contributed by atoms with van der Waals surface area (Å²) >= 11 is 5.92. The van der Waals surface area contributed by atoms with Gasteiger partial charge in [-0.15, -0.1) is 6.58 Å². The van der Waals surface area contributed by atoms with E-state index in [1.54, 1.807) is 13.3 Å². The molecule has 2 N–H and O–H groups in total. The lowest BCUT2D eigenvalue weighted by Crippen LogP contribution is -2.67. The Balaban J connectivity index is 1.50. The maximum Gasteiger partial charge on any atom is 0.303 e. The summed E-state index contributed by atoms with van der Waals surface area (Å²) in [6.07, 6.45) is -0.520. The van der Waals surface area contributed by atoms with Crippen LogP contribution in [0.5, 0.6) is 5.75 Å². The van der Waals surface area contributed by atoms with E-state index in [1.807, 2.05) is 30.3 Å². The average Bonchev–Trinajstić information content (AvgIpc) is 3.08. The van der Waals surface area contributed by atoms with Crippen LogP contribution in [-0.2, 0) is 42.9 Å². The average molecular weight is 713 g/mol. The first-order chi connectivity index (χ1) is 23.9. The van der Waals surface area contributed by atoms with E-state index >= 15 is 0 Å². The Labute approximate surface area is 296 Å². The van der Waals surface area contributed by atoms with Crippen LogP contribution in [0.25, 0.3) is 10.9 Å². The molecule has 15 heteroatoms. The summed E-state index contributed by atoms with van der Waals surface area (Å²) < 4.78 is 33.7. The number of carbonyl (C=O) groups excluding carboxylic acids is 4. The molecule has 7 unspecified atom stereocenters. The van der Waals surface area contributed by atoms with E-state index < -0.39 is 54.5 Å². The Morgan fingerprint density at radius 2 is 1.74 bits per heavy atom. The monoisotopic (exact) mass is 712 g/mol. The molecule has 4 fully saturated rings. The topological polar surface area (TPSA) is 164 Å². The predicted molar refractivity (Wildman–Crippen MR) is 184 cm³/mol. The number of hydrogen-bond donors (Lipinski definition) is 2. The molecule has 1 aromatic carbocycles. The van der Waals surface area contributed by atoms with Gasteiger partial charge in [-0.3, -0.25) is 29.1 Å². The summed E-state index contributed by atoms with van der Waals surface area (Å²) in [5.41, 5.74) is 1.74. The molecular weight excluding hydrogens is 668 g/mol. The van der Waals surface area contributed by atoms with Gasteiger partial charge in [0.1, 0.15) is 18.5 Å². The molecule has 0 saturated carbocycles. The number of benzene rings is 1. The molecular formula is C35H44N4O10S. The van der Waals surface area contributed by atoms with Crippen molar-refractivity contribution >= 4 is 52.1 Å². The first kappa shape index (κ1) is 36.9. The zero-order chi connectivity index (χ0) is 36.1. The second-order valence-corrected chi connectivity index (χ2v) is 13.2. The highest BCUT2D eigenvalue weighted by molar-refractivity contribution is 7.80. The van der Waals surface area contributed by atoms with Gasteiger partial charge in [0.2, 0.25) is 0 Å². The molecule has 10 atom stereocenters. The van der Waals surface area contributed by atoms with Crippen LogP contribution in [-0.4, -0.2) is 102 Å². The molecule has 14 nitrogen and oxygen atoms in total. The molecule has 1 aromatic heterocycles. The highest BCUT2D eigenvalue weighted by atomic mass is 32.1. The minimum absolute atomic E-state index is 0.0388. The van der Waals surface area contributed by atoms with Crippen molar-refractivity contribution < 1.29 is 47.6 Å². The smallest absolute Gasteiger partial charge is 0.303 e. The Morgan fingerprint density at radius 1 is 1.04 bits per heavy atom. The zero-order valence-corrected chi connectivity index (χ0v) is 29.6. The molecule has 0 amide bonds. The van der Waals surface area contributed by atoms with Gasteiger partial charge in [-0.05, 0) is 73.3 Å². The van der Waals surface area contributed by atoms with E-state index in [1.165, 1.54) is 27.7 Å². The molecule has 2 bridgehead atoms. The van der Waals surface area contributed by atoms with Gasteiger partial charge in [0.15, 0.2) is 29.7 Å². The van der Waals surface area contributed by atoms with Gasteiger partial charge in [-0.1, -0.05) is 6.08 Å².